The van der Waals surface area contributed by atoms with Crippen LogP contribution in [0.15, 0.2) is 36.5 Å². The molecule has 0 N–H and O–H groups in total. The highest BCUT2D eigenvalue weighted by Crippen LogP contribution is 2.44. The Morgan fingerprint density at radius 1 is 1.14 bits per heavy atom. The van der Waals surface area contributed by atoms with Gasteiger partial charge in [-0.1, -0.05) is 0 Å². The van der Waals surface area contributed by atoms with Crippen LogP contribution in [-0.2, 0) is 0 Å². The Labute approximate surface area is 162 Å². The van der Waals surface area contributed by atoms with Crippen molar-refractivity contribution in [2.24, 2.45) is 5.92 Å². The summed E-state index contributed by atoms with van der Waals surface area (Å²) in [5.74, 6) is -2.31. The summed E-state index contributed by atoms with van der Waals surface area (Å²) < 4.78 is 40.4. The van der Waals surface area contributed by atoms with E-state index >= 15 is 0 Å². The topological polar surface area (TPSA) is 36.4 Å². The van der Waals surface area contributed by atoms with Gasteiger partial charge in [0.2, 0.25) is 0 Å². The van der Waals surface area contributed by atoms with Gasteiger partial charge in [-0.2, -0.15) is 0 Å². The Kier molecular flexibility index (Phi) is 4.56. The second-order valence-corrected chi connectivity index (χ2v) is 8.21. The van der Waals surface area contributed by atoms with Crippen molar-refractivity contribution in [1.82, 2.24) is 9.88 Å². The second kappa shape index (κ2) is 6.79. The number of piperidine rings is 1. The maximum atomic E-state index is 14.0. The maximum absolute atomic E-state index is 14.0. The number of likely N-dealkylation sites (tertiary alicyclic amines) is 1. The number of carbonyl (C=O) groups is 1. The first-order valence-electron chi connectivity index (χ1n) is 9.41. The predicted octanol–water partition coefficient (Wildman–Crippen LogP) is 4.02. The van der Waals surface area contributed by atoms with E-state index in [1.54, 1.807) is 17.0 Å². The average Bonchev–Trinajstić information content (AvgIpc) is 2.91. The lowest BCUT2D eigenvalue weighted by molar-refractivity contribution is 0.0656. The summed E-state index contributed by atoms with van der Waals surface area (Å²) in [6, 6.07) is 7.39. The van der Waals surface area contributed by atoms with E-state index in [2.05, 4.69) is 23.7 Å². The summed E-state index contributed by atoms with van der Waals surface area (Å²) in [6.07, 6.45) is 2.44. The molecule has 2 aromatic rings. The van der Waals surface area contributed by atoms with Crippen LogP contribution in [0.25, 0.3) is 0 Å². The van der Waals surface area contributed by atoms with Crippen LogP contribution in [0.4, 0.5) is 18.9 Å². The summed E-state index contributed by atoms with van der Waals surface area (Å²) in [6.45, 7) is 5.24. The van der Waals surface area contributed by atoms with Crippen LogP contribution >= 0.6 is 0 Å². The smallest absolute Gasteiger partial charge is 0.275 e. The Morgan fingerprint density at radius 2 is 1.86 bits per heavy atom. The van der Waals surface area contributed by atoms with Gasteiger partial charge in [0.15, 0.2) is 11.5 Å². The molecule has 0 aliphatic carbocycles. The predicted molar refractivity (Wildman–Crippen MR) is 99.5 cm³/mol. The van der Waals surface area contributed by atoms with Crippen LogP contribution in [0, 0.1) is 23.4 Å². The van der Waals surface area contributed by atoms with E-state index < -0.39 is 17.5 Å². The molecule has 7 heteroatoms. The number of hydrogen-bond donors (Lipinski definition) is 0. The van der Waals surface area contributed by atoms with Crippen LogP contribution in [0.1, 0.15) is 37.2 Å². The number of rotatable bonds is 2. The highest BCUT2D eigenvalue weighted by molar-refractivity contribution is 5.92. The van der Waals surface area contributed by atoms with E-state index in [0.717, 1.165) is 24.7 Å². The van der Waals surface area contributed by atoms with E-state index in [1.807, 2.05) is 0 Å². The molecular weight excluding hydrogens is 367 g/mol. The maximum Gasteiger partial charge on any atom is 0.275 e. The van der Waals surface area contributed by atoms with E-state index in [-0.39, 0.29) is 29.0 Å². The summed E-state index contributed by atoms with van der Waals surface area (Å²) in [4.78, 5) is 20.3. The molecule has 2 aliphatic rings. The van der Waals surface area contributed by atoms with Crippen molar-refractivity contribution in [3.05, 3.63) is 59.7 Å². The highest BCUT2D eigenvalue weighted by atomic mass is 19.1. The number of anilines is 1. The summed E-state index contributed by atoms with van der Waals surface area (Å²) in [5, 5.41) is 0. The molecule has 28 heavy (non-hydrogen) atoms. The monoisotopic (exact) mass is 389 g/mol. The van der Waals surface area contributed by atoms with Crippen molar-refractivity contribution in [3.63, 3.8) is 0 Å². The molecular formula is C21H22F3N3O. The molecule has 4 nitrogen and oxygen atoms in total. The third kappa shape index (κ3) is 3.23. The normalized spacial score (nSPS) is 23.6. The first kappa shape index (κ1) is 18.8. The van der Waals surface area contributed by atoms with Gasteiger partial charge in [-0.15, -0.1) is 0 Å². The molecule has 2 atom stereocenters. The van der Waals surface area contributed by atoms with Gasteiger partial charge >= 0.3 is 0 Å². The van der Waals surface area contributed by atoms with Gasteiger partial charge < -0.3 is 9.80 Å². The number of pyridine rings is 1. The number of hydrogen-bond acceptors (Lipinski definition) is 3. The summed E-state index contributed by atoms with van der Waals surface area (Å²) >= 11 is 0. The molecule has 148 valence electrons. The molecule has 2 saturated heterocycles. The van der Waals surface area contributed by atoms with Crippen molar-refractivity contribution in [2.75, 3.05) is 18.0 Å². The molecule has 0 bridgehead atoms. The number of carbonyl (C=O) groups excluding carboxylic acids is 1. The van der Waals surface area contributed by atoms with Gasteiger partial charge in [0, 0.05) is 36.4 Å². The Morgan fingerprint density at radius 3 is 2.54 bits per heavy atom. The van der Waals surface area contributed by atoms with Gasteiger partial charge in [0.05, 0.1) is 6.20 Å². The first-order chi connectivity index (χ1) is 13.3. The molecule has 0 radical (unpaired) electrons. The minimum atomic E-state index is -0.938. The largest absolute Gasteiger partial charge is 0.363 e. The number of fused-ring (bicyclic) bond motifs is 1. The lowest BCUT2D eigenvalue weighted by atomic mass is 9.89. The molecule has 0 saturated carbocycles. The van der Waals surface area contributed by atoms with Gasteiger partial charge in [-0.3, -0.25) is 4.79 Å². The fraction of sp³-hybridized carbons (Fsp3) is 0.429. The van der Waals surface area contributed by atoms with E-state index in [4.69, 9.17) is 0 Å². The fourth-order valence-corrected chi connectivity index (χ4v) is 4.80. The van der Waals surface area contributed by atoms with E-state index in [0.29, 0.717) is 19.2 Å². The van der Waals surface area contributed by atoms with Gasteiger partial charge in [0.1, 0.15) is 11.6 Å². The quantitative estimate of drug-likeness (QED) is 0.779. The van der Waals surface area contributed by atoms with Crippen molar-refractivity contribution in [1.29, 1.82) is 0 Å². The zero-order valence-corrected chi connectivity index (χ0v) is 15.8. The zero-order chi connectivity index (χ0) is 20.1. The molecule has 1 amide bonds. The molecule has 3 heterocycles. The van der Waals surface area contributed by atoms with Crippen LogP contribution in [0.3, 0.4) is 0 Å². The van der Waals surface area contributed by atoms with E-state index in [9.17, 15) is 18.0 Å². The van der Waals surface area contributed by atoms with Gasteiger partial charge in [-0.05, 0) is 56.9 Å². The average molecular weight is 389 g/mol. The SMILES string of the molecule is CC1(C)C[C@@H]2CN(C(=O)c3ncc(F)cc3F)CC[C@@H]2N1c1ccc(F)cc1. The molecule has 4 rings (SSSR count). The highest BCUT2D eigenvalue weighted by Gasteiger charge is 2.48. The number of nitrogens with zero attached hydrogens (tertiary/aromatic N) is 3. The minimum Gasteiger partial charge on any atom is -0.363 e. The number of amides is 1. The van der Waals surface area contributed by atoms with E-state index in [1.165, 1.54) is 12.1 Å². The van der Waals surface area contributed by atoms with Crippen molar-refractivity contribution >= 4 is 11.6 Å². The van der Waals surface area contributed by atoms with Crippen molar-refractivity contribution in [3.8, 4) is 0 Å². The number of aromatic nitrogens is 1. The molecule has 2 fully saturated rings. The van der Waals surface area contributed by atoms with Crippen LogP contribution in [0.2, 0.25) is 0 Å². The number of halogens is 3. The molecule has 0 unspecified atom stereocenters. The minimum absolute atomic E-state index is 0.147. The zero-order valence-electron chi connectivity index (χ0n) is 15.8. The van der Waals surface area contributed by atoms with Gasteiger partial charge in [0.25, 0.3) is 5.91 Å². The molecule has 1 aromatic heterocycles. The third-order valence-corrected chi connectivity index (χ3v) is 5.84. The lowest BCUT2D eigenvalue weighted by Crippen LogP contribution is -2.50. The number of benzene rings is 1. The Bertz CT molecular complexity index is 900. The van der Waals surface area contributed by atoms with Crippen LogP contribution < -0.4 is 4.90 Å². The molecule has 1 aromatic carbocycles. The summed E-state index contributed by atoms with van der Waals surface area (Å²) in [5.41, 5.74) is 0.475. The first-order valence-corrected chi connectivity index (χ1v) is 9.41. The molecule has 0 spiro atoms. The van der Waals surface area contributed by atoms with Crippen LogP contribution in [0.5, 0.6) is 0 Å². The van der Waals surface area contributed by atoms with Crippen LogP contribution in [-0.4, -0.2) is 40.5 Å². The Balaban J connectivity index is 1.55. The van der Waals surface area contributed by atoms with Crippen molar-refractivity contribution in [2.45, 2.75) is 38.3 Å². The molecule has 2 aliphatic heterocycles. The van der Waals surface area contributed by atoms with Gasteiger partial charge in [-0.25, -0.2) is 18.2 Å². The Hall–Kier alpha value is -2.57. The second-order valence-electron chi connectivity index (χ2n) is 8.21. The summed E-state index contributed by atoms with van der Waals surface area (Å²) in [7, 11) is 0. The standard InChI is InChI=1S/C21H22F3N3O/c1-21(2)10-13-12-26(20(28)19-17(24)9-15(23)11-25-19)8-7-18(13)27(21)16-5-3-14(22)4-6-16/h3-6,9,11,13,18H,7-8,10,12H2,1-2H3/t13-,18+/m1/s1. The third-order valence-electron chi connectivity index (χ3n) is 5.84. The fourth-order valence-electron chi connectivity index (χ4n) is 4.80. The lowest BCUT2D eigenvalue weighted by Gasteiger charge is -2.41. The van der Waals surface area contributed by atoms with Crippen molar-refractivity contribution < 1.29 is 18.0 Å².